The molecule has 27 heavy (non-hydrogen) atoms. The summed E-state index contributed by atoms with van der Waals surface area (Å²) < 4.78 is 0. The van der Waals surface area contributed by atoms with Gasteiger partial charge < -0.3 is 5.32 Å². The van der Waals surface area contributed by atoms with Crippen molar-refractivity contribution in [2.24, 2.45) is 0 Å². The minimum Gasteiger partial charge on any atom is -0.360 e. The summed E-state index contributed by atoms with van der Waals surface area (Å²) in [7, 11) is 0. The smallest absolute Gasteiger partial charge is 0.354 e. The highest BCUT2D eigenvalue weighted by atomic mass is 16.6. The molecule has 3 heterocycles. The van der Waals surface area contributed by atoms with E-state index in [-0.39, 0.29) is 23.9 Å². The van der Waals surface area contributed by atoms with Gasteiger partial charge in [-0.3, -0.25) is 35.7 Å². The highest BCUT2D eigenvalue weighted by Gasteiger charge is 2.23. The van der Waals surface area contributed by atoms with Crippen molar-refractivity contribution in [1.82, 2.24) is 25.4 Å². The predicted octanol–water partition coefficient (Wildman–Crippen LogP) is 1.54. The molecular formula is C16H14N8O3. The Kier molecular flexibility index (Phi) is 5.42. The van der Waals surface area contributed by atoms with Gasteiger partial charge in [-0.15, -0.1) is 0 Å². The number of carbonyl (C=O) groups is 1. The van der Waals surface area contributed by atoms with Gasteiger partial charge in [-0.1, -0.05) is 12.1 Å². The van der Waals surface area contributed by atoms with Crippen LogP contribution in [0.5, 0.6) is 0 Å². The molecule has 0 saturated carbocycles. The van der Waals surface area contributed by atoms with E-state index in [1.165, 1.54) is 12.3 Å². The maximum Gasteiger partial charge on any atom is 0.354 e. The van der Waals surface area contributed by atoms with Crippen molar-refractivity contribution in [2.75, 3.05) is 10.7 Å². The number of pyridine rings is 2. The molecule has 0 aliphatic carbocycles. The van der Waals surface area contributed by atoms with E-state index in [1.54, 1.807) is 30.6 Å². The Labute approximate surface area is 153 Å². The van der Waals surface area contributed by atoms with Crippen molar-refractivity contribution in [3.8, 4) is 0 Å². The second-order valence-corrected chi connectivity index (χ2v) is 5.19. The molecule has 0 fully saturated rings. The number of hydrogen-bond acceptors (Lipinski definition) is 9. The van der Waals surface area contributed by atoms with E-state index in [4.69, 9.17) is 0 Å². The molecule has 3 aromatic rings. The molecular weight excluding hydrogens is 352 g/mol. The van der Waals surface area contributed by atoms with Gasteiger partial charge in [-0.2, -0.15) is 0 Å². The molecule has 3 aromatic heterocycles. The Morgan fingerprint density at radius 1 is 1.07 bits per heavy atom. The molecule has 1 amide bonds. The lowest BCUT2D eigenvalue weighted by Crippen LogP contribution is -2.31. The summed E-state index contributed by atoms with van der Waals surface area (Å²) in [6.45, 7) is 0.283. The number of nitrogens with zero attached hydrogens (tertiary/aromatic N) is 5. The second kappa shape index (κ2) is 8.29. The summed E-state index contributed by atoms with van der Waals surface area (Å²) in [4.78, 5) is 38.5. The van der Waals surface area contributed by atoms with Crippen LogP contribution in [0.4, 0.5) is 17.3 Å². The Morgan fingerprint density at radius 3 is 2.63 bits per heavy atom. The first-order valence-electron chi connectivity index (χ1n) is 7.74. The lowest BCUT2D eigenvalue weighted by Gasteiger charge is -2.10. The first-order chi connectivity index (χ1) is 13.1. The number of rotatable bonds is 7. The molecule has 0 unspecified atom stereocenters. The number of hydrazine groups is 1. The first kappa shape index (κ1) is 17.7. The van der Waals surface area contributed by atoms with Crippen molar-refractivity contribution in [1.29, 1.82) is 0 Å². The van der Waals surface area contributed by atoms with Gasteiger partial charge in [-0.05, 0) is 23.8 Å². The van der Waals surface area contributed by atoms with Crippen LogP contribution >= 0.6 is 0 Å². The van der Waals surface area contributed by atoms with Crippen molar-refractivity contribution in [2.45, 2.75) is 6.54 Å². The van der Waals surface area contributed by atoms with Gasteiger partial charge in [0.15, 0.2) is 0 Å². The van der Waals surface area contributed by atoms with Gasteiger partial charge in [0.2, 0.25) is 11.6 Å². The summed E-state index contributed by atoms with van der Waals surface area (Å²) in [6.07, 6.45) is 5.87. The third-order valence-electron chi connectivity index (χ3n) is 3.38. The number of nitrogens with one attached hydrogen (secondary N) is 3. The third-order valence-corrected chi connectivity index (χ3v) is 3.38. The fraction of sp³-hybridized carbons (Fsp3) is 0.0625. The van der Waals surface area contributed by atoms with Gasteiger partial charge in [0.1, 0.15) is 12.0 Å². The number of aromatic nitrogens is 4. The summed E-state index contributed by atoms with van der Waals surface area (Å²) in [5, 5.41) is 14.3. The van der Waals surface area contributed by atoms with Crippen LogP contribution in [-0.4, -0.2) is 30.8 Å². The predicted molar refractivity (Wildman–Crippen MR) is 95.6 cm³/mol. The van der Waals surface area contributed by atoms with Gasteiger partial charge in [-0.25, -0.2) is 9.97 Å². The molecule has 3 N–H and O–H groups in total. The van der Waals surface area contributed by atoms with E-state index in [1.807, 2.05) is 6.07 Å². The van der Waals surface area contributed by atoms with Gasteiger partial charge in [0.25, 0.3) is 5.91 Å². The largest absolute Gasteiger partial charge is 0.360 e. The fourth-order valence-electron chi connectivity index (χ4n) is 2.14. The number of anilines is 2. The molecule has 0 radical (unpaired) electrons. The van der Waals surface area contributed by atoms with Crippen molar-refractivity contribution in [3.05, 3.63) is 76.6 Å². The van der Waals surface area contributed by atoms with Crippen LogP contribution in [0.1, 0.15) is 16.1 Å². The average molecular weight is 366 g/mol. The zero-order valence-corrected chi connectivity index (χ0v) is 13.9. The van der Waals surface area contributed by atoms with E-state index in [9.17, 15) is 14.9 Å². The van der Waals surface area contributed by atoms with E-state index >= 15 is 0 Å². The normalized spacial score (nSPS) is 10.1. The maximum atomic E-state index is 12.0. The van der Waals surface area contributed by atoms with Gasteiger partial charge in [0, 0.05) is 25.1 Å². The summed E-state index contributed by atoms with van der Waals surface area (Å²) in [5.41, 5.74) is 5.35. The van der Waals surface area contributed by atoms with Crippen molar-refractivity contribution in [3.63, 3.8) is 0 Å². The van der Waals surface area contributed by atoms with E-state index in [2.05, 4.69) is 36.1 Å². The molecule has 3 rings (SSSR count). The molecule has 0 aliphatic heterocycles. The van der Waals surface area contributed by atoms with E-state index < -0.39 is 16.5 Å². The zero-order valence-electron chi connectivity index (χ0n) is 13.9. The summed E-state index contributed by atoms with van der Waals surface area (Å²) >= 11 is 0. The van der Waals surface area contributed by atoms with Crippen molar-refractivity contribution >= 4 is 23.2 Å². The molecule has 0 aliphatic rings. The highest BCUT2D eigenvalue weighted by molar-refractivity contribution is 5.93. The zero-order chi connectivity index (χ0) is 19.1. The number of carbonyl (C=O) groups excluding carboxylic acids is 1. The molecule has 136 valence electrons. The molecule has 0 saturated heterocycles. The maximum absolute atomic E-state index is 12.0. The van der Waals surface area contributed by atoms with Crippen LogP contribution < -0.4 is 16.2 Å². The quantitative estimate of drug-likeness (QED) is 0.418. The Bertz CT molecular complexity index is 937. The molecule has 0 atom stereocenters. The standard InChI is InChI=1S/C16H14N8O3/c25-16(12-5-1-2-7-18-12)23-22-15-13(24(26)27)14(20-10-21-15)19-9-11-4-3-6-17-8-11/h1-8,10H,9H2,(H,23,25)(H2,19,20,21,22). The summed E-state index contributed by atoms with van der Waals surface area (Å²) in [6, 6.07) is 8.40. The van der Waals surface area contributed by atoms with Gasteiger partial charge >= 0.3 is 5.69 Å². The second-order valence-electron chi connectivity index (χ2n) is 5.19. The van der Waals surface area contributed by atoms with Crippen LogP contribution in [0.2, 0.25) is 0 Å². The fourth-order valence-corrected chi connectivity index (χ4v) is 2.14. The minimum atomic E-state index is -0.638. The van der Waals surface area contributed by atoms with E-state index in [0.29, 0.717) is 0 Å². The minimum absolute atomic E-state index is 0.00781. The van der Waals surface area contributed by atoms with Crippen LogP contribution in [-0.2, 0) is 6.54 Å². The Balaban J connectivity index is 1.75. The van der Waals surface area contributed by atoms with Crippen LogP contribution in [0, 0.1) is 10.1 Å². The number of nitro groups is 1. The lowest BCUT2D eigenvalue weighted by atomic mass is 10.3. The Morgan fingerprint density at radius 2 is 1.93 bits per heavy atom. The molecule has 0 bridgehead atoms. The SMILES string of the molecule is O=C(NNc1ncnc(NCc2cccnc2)c1[N+](=O)[O-])c1ccccn1. The summed E-state index contributed by atoms with van der Waals surface area (Å²) in [5.74, 6) is -0.713. The molecule has 11 heteroatoms. The van der Waals surface area contributed by atoms with E-state index in [0.717, 1.165) is 11.9 Å². The molecule has 0 aromatic carbocycles. The first-order valence-corrected chi connectivity index (χ1v) is 7.74. The van der Waals surface area contributed by atoms with Crippen LogP contribution in [0.3, 0.4) is 0 Å². The molecule has 11 nitrogen and oxygen atoms in total. The number of hydrogen-bond donors (Lipinski definition) is 3. The monoisotopic (exact) mass is 366 g/mol. The number of amides is 1. The van der Waals surface area contributed by atoms with Gasteiger partial charge in [0.05, 0.1) is 4.92 Å². The van der Waals surface area contributed by atoms with Crippen LogP contribution in [0.25, 0.3) is 0 Å². The highest BCUT2D eigenvalue weighted by Crippen LogP contribution is 2.28. The average Bonchev–Trinajstić information content (AvgIpc) is 2.71. The van der Waals surface area contributed by atoms with Crippen molar-refractivity contribution < 1.29 is 9.72 Å². The molecule has 0 spiro atoms. The Hall–Kier alpha value is -4.15. The van der Waals surface area contributed by atoms with Crippen LogP contribution in [0.15, 0.2) is 55.2 Å². The topological polar surface area (TPSA) is 148 Å². The third kappa shape index (κ3) is 4.48. The lowest BCUT2D eigenvalue weighted by molar-refractivity contribution is -0.383.